The molecular formula is C30H32ClN5O3. The monoisotopic (exact) mass is 545 g/mol. The first-order chi connectivity index (χ1) is 18.5. The van der Waals surface area contributed by atoms with Gasteiger partial charge in [-0.2, -0.15) is 0 Å². The van der Waals surface area contributed by atoms with Crippen LogP contribution in [0.5, 0.6) is 0 Å². The number of nitrogens with two attached hydrogens (primary N) is 1. The van der Waals surface area contributed by atoms with Crippen LogP contribution in [-0.4, -0.2) is 48.8 Å². The van der Waals surface area contributed by atoms with Crippen LogP contribution in [0.15, 0.2) is 72.8 Å². The average Bonchev–Trinajstić information content (AvgIpc) is 3.21. The van der Waals surface area contributed by atoms with E-state index in [-0.39, 0.29) is 18.2 Å². The van der Waals surface area contributed by atoms with E-state index in [1.807, 2.05) is 55.4 Å². The van der Waals surface area contributed by atoms with Gasteiger partial charge in [0.05, 0.1) is 17.0 Å². The normalized spacial score (nSPS) is 14.1. The summed E-state index contributed by atoms with van der Waals surface area (Å²) in [7, 11) is 3.77. The number of carbonyl (C=O) groups is 3. The van der Waals surface area contributed by atoms with Gasteiger partial charge in [-0.3, -0.25) is 19.3 Å². The fourth-order valence-corrected chi connectivity index (χ4v) is 4.61. The first-order valence-electron chi connectivity index (χ1n) is 12.5. The molecule has 1 aliphatic rings. The number of halogens is 1. The number of benzene rings is 3. The van der Waals surface area contributed by atoms with Crippen LogP contribution in [-0.2, 0) is 14.4 Å². The van der Waals surface area contributed by atoms with Crippen molar-refractivity contribution in [2.45, 2.75) is 25.8 Å². The summed E-state index contributed by atoms with van der Waals surface area (Å²) in [5.74, 6) is -1.06. The summed E-state index contributed by atoms with van der Waals surface area (Å²) in [6.45, 7) is 3.80. The molecule has 0 atom stereocenters. The highest BCUT2D eigenvalue weighted by atomic mass is 35.5. The molecule has 0 aromatic heterocycles. The Morgan fingerprint density at radius 2 is 1.67 bits per heavy atom. The highest BCUT2D eigenvalue weighted by molar-refractivity contribution is 6.38. The van der Waals surface area contributed by atoms with Gasteiger partial charge in [-0.25, -0.2) is 0 Å². The maximum Gasteiger partial charge on any atom is 0.258 e. The van der Waals surface area contributed by atoms with Crippen molar-refractivity contribution in [3.05, 3.63) is 88.9 Å². The zero-order chi connectivity index (χ0) is 28.3. The Balaban J connectivity index is 1.73. The molecule has 4 N–H and O–H groups in total. The molecule has 3 aromatic carbocycles. The van der Waals surface area contributed by atoms with E-state index < -0.39 is 11.4 Å². The Labute approximate surface area is 233 Å². The molecule has 0 saturated carbocycles. The van der Waals surface area contributed by atoms with Crippen molar-refractivity contribution >= 4 is 57.7 Å². The van der Waals surface area contributed by atoms with Crippen molar-refractivity contribution in [2.75, 3.05) is 36.2 Å². The smallest absolute Gasteiger partial charge is 0.258 e. The lowest BCUT2D eigenvalue weighted by atomic mass is 9.99. The molecule has 0 radical (unpaired) electrons. The largest absolute Gasteiger partial charge is 0.368 e. The molecule has 39 heavy (non-hydrogen) atoms. The van der Waals surface area contributed by atoms with Crippen molar-refractivity contribution < 1.29 is 14.4 Å². The van der Waals surface area contributed by atoms with E-state index in [0.717, 1.165) is 11.1 Å². The molecule has 0 bridgehead atoms. The Hall–Kier alpha value is -4.14. The van der Waals surface area contributed by atoms with E-state index in [1.54, 1.807) is 50.2 Å². The Kier molecular flexibility index (Phi) is 8.09. The predicted octanol–water partition coefficient (Wildman–Crippen LogP) is 4.82. The number of carbonyl (C=O) groups excluding carboxylic acids is 3. The van der Waals surface area contributed by atoms with E-state index in [2.05, 4.69) is 10.6 Å². The molecule has 0 unspecified atom stereocenters. The minimum absolute atomic E-state index is 0.210. The third-order valence-corrected chi connectivity index (χ3v) is 6.85. The van der Waals surface area contributed by atoms with Gasteiger partial charge in [0.2, 0.25) is 11.8 Å². The second-order valence-electron chi connectivity index (χ2n) is 10.1. The van der Waals surface area contributed by atoms with E-state index in [4.69, 9.17) is 17.3 Å². The van der Waals surface area contributed by atoms with Gasteiger partial charge in [-0.15, -0.1) is 0 Å². The maximum absolute atomic E-state index is 13.2. The molecule has 0 spiro atoms. The van der Waals surface area contributed by atoms with Crippen molar-refractivity contribution in [1.29, 1.82) is 0 Å². The van der Waals surface area contributed by atoms with Gasteiger partial charge in [-0.05, 0) is 69.9 Å². The topological polar surface area (TPSA) is 108 Å². The Morgan fingerprint density at radius 1 is 1.00 bits per heavy atom. The number of hydrogen-bond acceptors (Lipinski definition) is 5. The van der Waals surface area contributed by atoms with E-state index in [1.165, 1.54) is 4.90 Å². The van der Waals surface area contributed by atoms with Crippen LogP contribution in [0.4, 0.5) is 17.1 Å². The summed E-state index contributed by atoms with van der Waals surface area (Å²) in [5.41, 5.74) is 9.02. The molecule has 0 aliphatic carbocycles. The van der Waals surface area contributed by atoms with Gasteiger partial charge in [0, 0.05) is 34.9 Å². The third kappa shape index (κ3) is 5.97. The fourth-order valence-electron chi connectivity index (χ4n) is 4.43. The summed E-state index contributed by atoms with van der Waals surface area (Å²) >= 11 is 6.15. The number of amides is 3. The van der Waals surface area contributed by atoms with Gasteiger partial charge in [0.25, 0.3) is 5.91 Å². The molecule has 9 heteroatoms. The van der Waals surface area contributed by atoms with Gasteiger partial charge in [-0.1, -0.05) is 48.0 Å². The van der Waals surface area contributed by atoms with Crippen LogP contribution in [0.25, 0.3) is 11.3 Å². The fraction of sp³-hybridized carbons (Fsp3) is 0.233. The summed E-state index contributed by atoms with van der Waals surface area (Å²) < 4.78 is 0. The highest BCUT2D eigenvalue weighted by Gasteiger charge is 2.37. The molecule has 8 nitrogen and oxygen atoms in total. The number of nitrogens with one attached hydrogen (secondary N) is 2. The lowest BCUT2D eigenvalue weighted by Crippen LogP contribution is -2.56. The molecule has 3 aromatic rings. The SMILES string of the molecule is CN(C)CCC(=O)N(c1ccc(N/C(=C2\C(=O)Nc3cc(Cl)ccc32)c2ccccc2)cc1)C(C)(C)C(N)=O. The second-order valence-corrected chi connectivity index (χ2v) is 10.6. The lowest BCUT2D eigenvalue weighted by molar-refractivity contribution is -0.127. The number of fused-ring (bicyclic) bond motifs is 1. The van der Waals surface area contributed by atoms with E-state index in [0.29, 0.717) is 39.9 Å². The quantitative estimate of drug-likeness (QED) is 0.334. The Bertz CT molecular complexity index is 1430. The van der Waals surface area contributed by atoms with Crippen LogP contribution in [0.3, 0.4) is 0 Å². The number of anilines is 3. The lowest BCUT2D eigenvalue weighted by Gasteiger charge is -2.36. The number of hydrogen-bond donors (Lipinski definition) is 3. The molecule has 1 heterocycles. The minimum Gasteiger partial charge on any atom is -0.368 e. The standard InChI is InChI=1S/C30H32ClN5O3/c1-30(2,29(32)39)36(25(37)16-17-35(3)4)22-13-11-21(12-14-22)33-27(19-8-6-5-7-9-19)26-23-15-10-20(31)18-24(23)34-28(26)38/h5-15,18,33H,16-17H2,1-4H3,(H2,32,39)(H,34,38)/b27-26-. The molecule has 1 aliphatic heterocycles. The zero-order valence-corrected chi connectivity index (χ0v) is 23.2. The summed E-state index contributed by atoms with van der Waals surface area (Å²) in [5, 5.41) is 6.83. The number of nitrogens with zero attached hydrogens (tertiary/aromatic N) is 2. The van der Waals surface area contributed by atoms with Crippen LogP contribution in [0, 0.1) is 0 Å². The molecular weight excluding hydrogens is 514 g/mol. The number of rotatable bonds is 9. The molecule has 3 amide bonds. The Morgan fingerprint density at radius 3 is 2.28 bits per heavy atom. The summed E-state index contributed by atoms with van der Waals surface area (Å²) in [4.78, 5) is 42.0. The van der Waals surface area contributed by atoms with Gasteiger partial charge >= 0.3 is 0 Å². The van der Waals surface area contributed by atoms with Crippen molar-refractivity contribution in [3.8, 4) is 0 Å². The zero-order valence-electron chi connectivity index (χ0n) is 22.4. The van der Waals surface area contributed by atoms with Crippen molar-refractivity contribution in [3.63, 3.8) is 0 Å². The van der Waals surface area contributed by atoms with Gasteiger partial charge in [0.15, 0.2) is 0 Å². The van der Waals surface area contributed by atoms with Crippen molar-refractivity contribution in [2.24, 2.45) is 5.73 Å². The molecule has 0 fully saturated rings. The second kappa shape index (κ2) is 11.3. The maximum atomic E-state index is 13.2. The van der Waals surface area contributed by atoms with Gasteiger partial charge < -0.3 is 21.3 Å². The van der Waals surface area contributed by atoms with Crippen LogP contribution in [0.1, 0.15) is 31.4 Å². The third-order valence-electron chi connectivity index (χ3n) is 6.62. The van der Waals surface area contributed by atoms with E-state index >= 15 is 0 Å². The van der Waals surface area contributed by atoms with E-state index in [9.17, 15) is 14.4 Å². The summed E-state index contributed by atoms with van der Waals surface area (Å²) in [6.07, 6.45) is 0.229. The highest BCUT2D eigenvalue weighted by Crippen LogP contribution is 2.39. The first-order valence-corrected chi connectivity index (χ1v) is 12.9. The van der Waals surface area contributed by atoms with Crippen LogP contribution in [0.2, 0.25) is 5.02 Å². The molecule has 202 valence electrons. The molecule has 4 rings (SSSR count). The van der Waals surface area contributed by atoms with Crippen molar-refractivity contribution in [1.82, 2.24) is 4.90 Å². The van der Waals surface area contributed by atoms with Crippen LogP contribution < -0.4 is 21.3 Å². The first kappa shape index (κ1) is 27.9. The molecule has 0 saturated heterocycles. The minimum atomic E-state index is -1.23. The van der Waals surface area contributed by atoms with Crippen LogP contribution >= 0.6 is 11.6 Å². The van der Waals surface area contributed by atoms with Gasteiger partial charge in [0.1, 0.15) is 5.54 Å². The average molecular weight is 546 g/mol. The summed E-state index contributed by atoms with van der Waals surface area (Å²) in [6, 6.07) is 22.0. The predicted molar refractivity (Wildman–Crippen MR) is 157 cm³/mol. The number of primary amides is 1.